The summed E-state index contributed by atoms with van der Waals surface area (Å²) >= 11 is 0. The minimum Gasteiger partial charge on any atom is -0.465 e. The maximum atomic E-state index is 11.8. The van der Waals surface area contributed by atoms with E-state index in [0.717, 1.165) is 31.2 Å². The number of nitrogens with one attached hydrogen (secondary N) is 2. The van der Waals surface area contributed by atoms with Gasteiger partial charge in [0.1, 0.15) is 18.1 Å². The Bertz CT molecular complexity index is 582. The second-order valence-corrected chi connectivity index (χ2v) is 6.57. The molecule has 1 fully saturated rings. The van der Waals surface area contributed by atoms with E-state index < -0.39 is 0 Å². The number of aryl methyl sites for hydroxylation is 1. The van der Waals surface area contributed by atoms with Crippen molar-refractivity contribution in [3.63, 3.8) is 0 Å². The number of likely N-dealkylation sites (N-methyl/N-ethyl adjacent to an activating group) is 1. The van der Waals surface area contributed by atoms with Crippen molar-refractivity contribution < 1.29 is 9.21 Å². The van der Waals surface area contributed by atoms with E-state index in [-0.39, 0.29) is 42.5 Å². The summed E-state index contributed by atoms with van der Waals surface area (Å²) in [6, 6.07) is 4.23. The summed E-state index contributed by atoms with van der Waals surface area (Å²) in [5.74, 6) is 2.54. The Hall–Kier alpha value is -1.29. The van der Waals surface area contributed by atoms with Gasteiger partial charge in [-0.2, -0.15) is 0 Å². The molecule has 7 nitrogen and oxygen atoms in total. The number of hydrogen-bond acceptors (Lipinski definition) is 4. The SMILES string of the molecule is CCNC(=NCC(=O)N(C)C)NCC(c1ccc(C)o1)N1CCCC1.I. The third-order valence-electron chi connectivity index (χ3n) is 4.35. The van der Waals surface area contributed by atoms with E-state index in [0.29, 0.717) is 12.5 Å². The van der Waals surface area contributed by atoms with Gasteiger partial charge in [0.05, 0.1) is 6.04 Å². The van der Waals surface area contributed by atoms with Crippen LogP contribution in [-0.4, -0.2) is 68.5 Å². The number of nitrogens with zero attached hydrogens (tertiary/aromatic N) is 3. The highest BCUT2D eigenvalue weighted by Crippen LogP contribution is 2.26. The fraction of sp³-hybridized carbons (Fsp3) is 0.667. The van der Waals surface area contributed by atoms with E-state index in [4.69, 9.17) is 4.42 Å². The molecule has 2 heterocycles. The third kappa shape index (κ3) is 6.79. The number of halogens is 1. The molecule has 1 unspecified atom stereocenters. The summed E-state index contributed by atoms with van der Waals surface area (Å²) in [4.78, 5) is 20.1. The Morgan fingerprint density at radius 2 is 2.00 bits per heavy atom. The summed E-state index contributed by atoms with van der Waals surface area (Å²) in [5, 5.41) is 6.56. The van der Waals surface area contributed by atoms with Crippen LogP contribution in [0.3, 0.4) is 0 Å². The number of furan rings is 1. The maximum absolute atomic E-state index is 11.8. The van der Waals surface area contributed by atoms with Crippen molar-refractivity contribution in [1.29, 1.82) is 0 Å². The van der Waals surface area contributed by atoms with Crippen LogP contribution in [0, 0.1) is 6.92 Å². The van der Waals surface area contributed by atoms with Crippen molar-refractivity contribution >= 4 is 35.8 Å². The fourth-order valence-electron chi connectivity index (χ4n) is 2.92. The van der Waals surface area contributed by atoms with Crippen LogP contribution >= 0.6 is 24.0 Å². The number of guanidine groups is 1. The lowest BCUT2D eigenvalue weighted by Gasteiger charge is -2.26. The summed E-state index contributed by atoms with van der Waals surface area (Å²) in [6.45, 7) is 7.72. The minimum atomic E-state index is -0.0186. The normalized spacial score (nSPS) is 16.1. The Balaban J connectivity index is 0.00000338. The molecule has 26 heavy (non-hydrogen) atoms. The van der Waals surface area contributed by atoms with E-state index in [1.165, 1.54) is 12.8 Å². The van der Waals surface area contributed by atoms with Gasteiger partial charge in [-0.3, -0.25) is 9.69 Å². The first-order valence-corrected chi connectivity index (χ1v) is 9.04. The fourth-order valence-corrected chi connectivity index (χ4v) is 2.92. The highest BCUT2D eigenvalue weighted by atomic mass is 127. The number of aliphatic imine (C=N–C) groups is 1. The Kier molecular flexibility index (Phi) is 10.0. The van der Waals surface area contributed by atoms with Crippen molar-refractivity contribution in [2.75, 3.05) is 46.8 Å². The quantitative estimate of drug-likeness (QED) is 0.357. The van der Waals surface area contributed by atoms with E-state index in [9.17, 15) is 4.79 Å². The van der Waals surface area contributed by atoms with Gasteiger partial charge in [-0.25, -0.2) is 4.99 Å². The summed E-state index contributed by atoms with van der Waals surface area (Å²) < 4.78 is 5.88. The molecule has 2 rings (SSSR count). The molecular formula is C18H32IN5O2. The second kappa shape index (κ2) is 11.4. The van der Waals surface area contributed by atoms with Crippen molar-refractivity contribution in [2.24, 2.45) is 4.99 Å². The molecule has 8 heteroatoms. The van der Waals surface area contributed by atoms with Gasteiger partial charge in [0.25, 0.3) is 0 Å². The molecule has 0 saturated carbocycles. The monoisotopic (exact) mass is 477 g/mol. The largest absolute Gasteiger partial charge is 0.465 e. The first-order chi connectivity index (χ1) is 12.0. The van der Waals surface area contributed by atoms with Crippen molar-refractivity contribution in [1.82, 2.24) is 20.4 Å². The third-order valence-corrected chi connectivity index (χ3v) is 4.35. The highest BCUT2D eigenvalue weighted by Gasteiger charge is 2.26. The van der Waals surface area contributed by atoms with Crippen LogP contribution in [0.5, 0.6) is 0 Å². The van der Waals surface area contributed by atoms with Crippen LogP contribution < -0.4 is 10.6 Å². The van der Waals surface area contributed by atoms with E-state index >= 15 is 0 Å². The molecular weight excluding hydrogens is 445 g/mol. The molecule has 0 bridgehead atoms. The molecule has 1 saturated heterocycles. The average Bonchev–Trinajstić information content (AvgIpc) is 3.24. The predicted molar refractivity (Wildman–Crippen MR) is 115 cm³/mol. The zero-order chi connectivity index (χ0) is 18.2. The van der Waals surface area contributed by atoms with Gasteiger partial charge in [-0.1, -0.05) is 0 Å². The van der Waals surface area contributed by atoms with Crippen molar-refractivity contribution in [3.05, 3.63) is 23.7 Å². The van der Waals surface area contributed by atoms with Gasteiger partial charge in [-0.05, 0) is 51.9 Å². The number of carbonyl (C=O) groups excluding carboxylic acids is 1. The zero-order valence-corrected chi connectivity index (χ0v) is 18.6. The van der Waals surface area contributed by atoms with Gasteiger partial charge in [-0.15, -0.1) is 24.0 Å². The van der Waals surface area contributed by atoms with Gasteiger partial charge in [0.2, 0.25) is 5.91 Å². The summed E-state index contributed by atoms with van der Waals surface area (Å²) in [5.41, 5.74) is 0. The lowest BCUT2D eigenvalue weighted by molar-refractivity contribution is -0.127. The molecule has 0 radical (unpaired) electrons. The van der Waals surface area contributed by atoms with Crippen LogP contribution in [0.25, 0.3) is 0 Å². The molecule has 148 valence electrons. The van der Waals surface area contributed by atoms with Crippen LogP contribution in [0.15, 0.2) is 21.5 Å². The lowest BCUT2D eigenvalue weighted by atomic mass is 10.2. The lowest BCUT2D eigenvalue weighted by Crippen LogP contribution is -2.43. The maximum Gasteiger partial charge on any atom is 0.243 e. The molecule has 0 aromatic carbocycles. The standard InChI is InChI=1S/C18H31N5O2.HI/c1-5-19-18(21-13-17(24)22(3)4)20-12-15(23-10-6-7-11-23)16-9-8-14(2)25-16;/h8-9,15H,5-7,10-13H2,1-4H3,(H2,19,20,21);1H. The Labute approximate surface area is 173 Å². The topological polar surface area (TPSA) is 73.1 Å². The van der Waals surface area contributed by atoms with E-state index in [1.54, 1.807) is 19.0 Å². The minimum absolute atomic E-state index is 0. The molecule has 1 atom stereocenters. The molecule has 1 aromatic heterocycles. The van der Waals surface area contributed by atoms with Gasteiger partial charge in [0.15, 0.2) is 5.96 Å². The Morgan fingerprint density at radius 3 is 2.54 bits per heavy atom. The molecule has 1 amide bonds. The smallest absolute Gasteiger partial charge is 0.243 e. The number of rotatable bonds is 7. The average molecular weight is 477 g/mol. The molecule has 2 N–H and O–H groups in total. The van der Waals surface area contributed by atoms with Crippen LogP contribution in [0.4, 0.5) is 0 Å². The van der Waals surface area contributed by atoms with E-state index in [2.05, 4.69) is 26.6 Å². The second-order valence-electron chi connectivity index (χ2n) is 6.57. The van der Waals surface area contributed by atoms with Crippen molar-refractivity contribution in [2.45, 2.75) is 32.7 Å². The van der Waals surface area contributed by atoms with E-state index in [1.807, 2.05) is 19.9 Å². The summed E-state index contributed by atoms with van der Waals surface area (Å²) in [7, 11) is 3.47. The first-order valence-electron chi connectivity index (χ1n) is 9.04. The highest BCUT2D eigenvalue weighted by molar-refractivity contribution is 14.0. The number of likely N-dealkylation sites (tertiary alicyclic amines) is 1. The molecule has 1 aliphatic rings. The van der Waals surface area contributed by atoms with Gasteiger partial charge in [0, 0.05) is 27.2 Å². The summed E-state index contributed by atoms with van der Waals surface area (Å²) in [6.07, 6.45) is 2.45. The van der Waals surface area contributed by atoms with Crippen LogP contribution in [0.1, 0.15) is 37.3 Å². The molecule has 1 aromatic rings. The molecule has 0 spiro atoms. The zero-order valence-electron chi connectivity index (χ0n) is 16.2. The van der Waals surface area contributed by atoms with Crippen LogP contribution in [0.2, 0.25) is 0 Å². The van der Waals surface area contributed by atoms with Crippen molar-refractivity contribution in [3.8, 4) is 0 Å². The first kappa shape index (κ1) is 22.8. The number of hydrogen-bond donors (Lipinski definition) is 2. The predicted octanol–water partition coefficient (Wildman–Crippen LogP) is 1.99. The molecule has 1 aliphatic heterocycles. The van der Waals surface area contributed by atoms with Gasteiger partial charge >= 0.3 is 0 Å². The molecule has 0 aliphatic carbocycles. The van der Waals surface area contributed by atoms with Gasteiger partial charge < -0.3 is 20.0 Å². The Morgan fingerprint density at radius 1 is 1.31 bits per heavy atom. The number of amides is 1. The number of carbonyl (C=O) groups is 1. The van der Waals surface area contributed by atoms with Crippen LogP contribution in [-0.2, 0) is 4.79 Å².